The average molecular weight is 346 g/mol. The fourth-order valence-corrected chi connectivity index (χ4v) is 2.97. The first-order valence-corrected chi connectivity index (χ1v) is 8.38. The number of anilines is 1. The Balaban J connectivity index is 1.85. The molecule has 2 heterocycles. The average Bonchev–Trinajstić information content (AvgIpc) is 3.12. The highest BCUT2D eigenvalue weighted by molar-refractivity contribution is 7.15. The Kier molecular flexibility index (Phi) is 4.66. The molecule has 126 valence electrons. The van der Waals surface area contributed by atoms with Crippen LogP contribution in [0.4, 0.5) is 10.7 Å². The number of aromatic nitrogens is 3. The zero-order chi connectivity index (χ0) is 17.1. The van der Waals surface area contributed by atoms with E-state index in [1.54, 1.807) is 11.6 Å². The number of amides is 1. The zero-order valence-corrected chi connectivity index (χ0v) is 14.5. The van der Waals surface area contributed by atoms with E-state index in [4.69, 9.17) is 9.47 Å². The number of hydrogen-bond acceptors (Lipinski definition) is 6. The molecule has 0 radical (unpaired) electrons. The SMILES string of the molecule is COc1ccccc1-c1csc2nc(NC(=O)OCC(C)C)nn12. The summed E-state index contributed by atoms with van der Waals surface area (Å²) in [5.41, 5.74) is 1.76. The molecule has 24 heavy (non-hydrogen) atoms. The van der Waals surface area contributed by atoms with Gasteiger partial charge in [-0.05, 0) is 18.1 Å². The molecule has 1 aromatic carbocycles. The lowest BCUT2D eigenvalue weighted by Gasteiger charge is -2.07. The van der Waals surface area contributed by atoms with E-state index in [2.05, 4.69) is 15.4 Å². The summed E-state index contributed by atoms with van der Waals surface area (Å²) >= 11 is 1.44. The molecule has 0 aliphatic rings. The number of fused-ring (bicyclic) bond motifs is 1. The number of ether oxygens (including phenoxy) is 2. The van der Waals surface area contributed by atoms with Crippen molar-refractivity contribution in [2.24, 2.45) is 5.92 Å². The largest absolute Gasteiger partial charge is 0.496 e. The lowest BCUT2D eigenvalue weighted by atomic mass is 10.1. The monoisotopic (exact) mass is 346 g/mol. The quantitative estimate of drug-likeness (QED) is 0.762. The van der Waals surface area contributed by atoms with Gasteiger partial charge in [-0.1, -0.05) is 26.0 Å². The minimum Gasteiger partial charge on any atom is -0.496 e. The summed E-state index contributed by atoms with van der Waals surface area (Å²) in [6.45, 7) is 4.29. The van der Waals surface area contributed by atoms with Gasteiger partial charge in [0, 0.05) is 10.9 Å². The third kappa shape index (κ3) is 3.33. The van der Waals surface area contributed by atoms with Crippen LogP contribution < -0.4 is 10.1 Å². The summed E-state index contributed by atoms with van der Waals surface area (Å²) in [5.74, 6) is 1.23. The van der Waals surface area contributed by atoms with Crippen LogP contribution >= 0.6 is 11.3 Å². The standard InChI is InChI=1S/C16H18N4O3S/c1-10(2)8-23-16(21)18-14-17-15-20(19-14)12(9-24-15)11-6-4-5-7-13(11)22-3/h4-7,9-10H,8H2,1-3H3,(H,18,19,21). The molecule has 0 aliphatic carbocycles. The number of nitrogens with zero attached hydrogens (tertiary/aromatic N) is 3. The molecule has 0 fully saturated rings. The predicted molar refractivity (Wildman–Crippen MR) is 92.7 cm³/mol. The number of carbonyl (C=O) groups excluding carboxylic acids is 1. The number of nitrogens with one attached hydrogen (secondary N) is 1. The van der Waals surface area contributed by atoms with Crippen LogP contribution in [-0.2, 0) is 4.74 Å². The van der Waals surface area contributed by atoms with E-state index in [1.807, 2.05) is 43.5 Å². The number of hydrogen-bond donors (Lipinski definition) is 1. The van der Waals surface area contributed by atoms with Gasteiger partial charge in [0.25, 0.3) is 5.95 Å². The molecule has 2 aromatic heterocycles. The molecular weight excluding hydrogens is 328 g/mol. The fraction of sp³-hybridized carbons (Fsp3) is 0.312. The lowest BCUT2D eigenvalue weighted by Crippen LogP contribution is -2.17. The first-order chi connectivity index (χ1) is 11.6. The van der Waals surface area contributed by atoms with Gasteiger partial charge in [0.1, 0.15) is 5.75 Å². The Bertz CT molecular complexity index is 856. The fourth-order valence-electron chi connectivity index (χ4n) is 2.15. The van der Waals surface area contributed by atoms with Gasteiger partial charge in [0.05, 0.1) is 19.4 Å². The molecule has 3 aromatic rings. The Morgan fingerprint density at radius 2 is 2.17 bits per heavy atom. The van der Waals surface area contributed by atoms with E-state index in [1.165, 1.54) is 11.3 Å². The van der Waals surface area contributed by atoms with Crippen molar-refractivity contribution >= 4 is 28.3 Å². The van der Waals surface area contributed by atoms with Gasteiger partial charge in [-0.2, -0.15) is 4.98 Å². The van der Waals surface area contributed by atoms with Gasteiger partial charge in [0.15, 0.2) is 0 Å². The third-order valence-corrected chi connectivity index (χ3v) is 4.04. The molecule has 1 N–H and O–H groups in total. The minimum absolute atomic E-state index is 0.215. The van der Waals surface area contributed by atoms with Crippen molar-refractivity contribution in [3.63, 3.8) is 0 Å². The van der Waals surface area contributed by atoms with Gasteiger partial charge >= 0.3 is 6.09 Å². The van der Waals surface area contributed by atoms with Gasteiger partial charge < -0.3 is 9.47 Å². The van der Waals surface area contributed by atoms with Gasteiger partial charge in [-0.15, -0.1) is 16.4 Å². The molecule has 0 bridgehead atoms. The summed E-state index contributed by atoms with van der Waals surface area (Å²) < 4.78 is 12.2. The maximum Gasteiger partial charge on any atom is 0.414 e. The lowest BCUT2D eigenvalue weighted by molar-refractivity contribution is 0.147. The second-order valence-corrected chi connectivity index (χ2v) is 6.40. The molecule has 8 heteroatoms. The van der Waals surface area contributed by atoms with Crippen LogP contribution in [0.1, 0.15) is 13.8 Å². The Hall–Kier alpha value is -2.61. The molecule has 0 saturated heterocycles. The summed E-state index contributed by atoms with van der Waals surface area (Å²) in [6, 6.07) is 7.68. The van der Waals surface area contributed by atoms with Crippen LogP contribution in [0, 0.1) is 5.92 Å². The Morgan fingerprint density at radius 3 is 2.92 bits per heavy atom. The van der Waals surface area contributed by atoms with Crippen molar-refractivity contribution in [3.8, 4) is 17.0 Å². The van der Waals surface area contributed by atoms with Crippen molar-refractivity contribution in [1.29, 1.82) is 0 Å². The van der Waals surface area contributed by atoms with Crippen molar-refractivity contribution < 1.29 is 14.3 Å². The van der Waals surface area contributed by atoms with E-state index in [-0.39, 0.29) is 11.9 Å². The maximum absolute atomic E-state index is 11.7. The number of methoxy groups -OCH3 is 1. The van der Waals surface area contributed by atoms with E-state index in [0.29, 0.717) is 11.6 Å². The van der Waals surface area contributed by atoms with Gasteiger partial charge in [0.2, 0.25) is 4.96 Å². The predicted octanol–water partition coefficient (Wildman–Crippen LogP) is 3.67. The number of thiazole rings is 1. The van der Waals surface area contributed by atoms with E-state index in [9.17, 15) is 4.79 Å². The molecule has 0 spiro atoms. The molecule has 0 unspecified atom stereocenters. The maximum atomic E-state index is 11.7. The first kappa shape index (κ1) is 16.3. The normalized spacial score (nSPS) is 11.0. The first-order valence-electron chi connectivity index (χ1n) is 7.50. The van der Waals surface area contributed by atoms with Gasteiger partial charge in [-0.3, -0.25) is 5.32 Å². The Labute approximate surface area is 143 Å². The smallest absolute Gasteiger partial charge is 0.414 e. The highest BCUT2D eigenvalue weighted by atomic mass is 32.1. The summed E-state index contributed by atoms with van der Waals surface area (Å²) in [6.07, 6.45) is -0.555. The van der Waals surface area contributed by atoms with Crippen molar-refractivity contribution in [3.05, 3.63) is 29.6 Å². The second kappa shape index (κ2) is 6.88. The van der Waals surface area contributed by atoms with Crippen LogP contribution in [0.3, 0.4) is 0 Å². The molecule has 0 atom stereocenters. The molecule has 0 saturated carbocycles. The van der Waals surface area contributed by atoms with Crippen LogP contribution in [0.25, 0.3) is 16.2 Å². The molecule has 0 aliphatic heterocycles. The molecule has 1 amide bonds. The molecular formula is C16H18N4O3S. The van der Waals surface area contributed by atoms with Crippen LogP contribution in [-0.4, -0.2) is 34.4 Å². The topological polar surface area (TPSA) is 77.8 Å². The minimum atomic E-state index is -0.555. The summed E-state index contributed by atoms with van der Waals surface area (Å²) in [5, 5.41) is 8.84. The third-order valence-electron chi connectivity index (χ3n) is 3.23. The number of rotatable bonds is 5. The van der Waals surface area contributed by atoms with Crippen LogP contribution in [0.15, 0.2) is 29.6 Å². The van der Waals surface area contributed by atoms with Gasteiger partial charge in [-0.25, -0.2) is 9.31 Å². The van der Waals surface area contributed by atoms with Crippen LogP contribution in [0.5, 0.6) is 5.75 Å². The summed E-state index contributed by atoms with van der Waals surface area (Å²) in [4.78, 5) is 16.7. The molecule has 7 nitrogen and oxygen atoms in total. The zero-order valence-electron chi connectivity index (χ0n) is 13.6. The summed E-state index contributed by atoms with van der Waals surface area (Å²) in [7, 11) is 1.63. The van der Waals surface area contributed by atoms with Crippen molar-refractivity contribution in [2.75, 3.05) is 19.0 Å². The number of benzene rings is 1. The van der Waals surface area contributed by atoms with Crippen molar-refractivity contribution in [2.45, 2.75) is 13.8 Å². The second-order valence-electron chi connectivity index (χ2n) is 5.57. The van der Waals surface area contributed by atoms with Crippen molar-refractivity contribution in [1.82, 2.24) is 14.6 Å². The highest BCUT2D eigenvalue weighted by Gasteiger charge is 2.16. The molecule has 3 rings (SSSR count). The van der Waals surface area contributed by atoms with E-state index >= 15 is 0 Å². The van der Waals surface area contributed by atoms with E-state index in [0.717, 1.165) is 17.0 Å². The Morgan fingerprint density at radius 1 is 1.38 bits per heavy atom. The van der Waals surface area contributed by atoms with E-state index < -0.39 is 6.09 Å². The number of para-hydroxylation sites is 1. The number of carbonyl (C=O) groups is 1. The highest BCUT2D eigenvalue weighted by Crippen LogP contribution is 2.32. The van der Waals surface area contributed by atoms with Crippen LogP contribution in [0.2, 0.25) is 0 Å².